The zero-order valence-electron chi connectivity index (χ0n) is 15.3. The van der Waals surface area contributed by atoms with Crippen molar-refractivity contribution in [1.82, 2.24) is 0 Å². The summed E-state index contributed by atoms with van der Waals surface area (Å²) in [6, 6.07) is 0. The molecule has 0 unspecified atom stereocenters. The topological polar surface area (TPSA) is 80.9 Å². The monoisotopic (exact) mass is 338 g/mol. The maximum atomic E-state index is 11.1. The molecule has 3 aliphatic carbocycles. The van der Waals surface area contributed by atoms with Crippen molar-refractivity contribution < 1.29 is 20.4 Å². The predicted molar refractivity (Wildman–Crippen MR) is 93.2 cm³/mol. The summed E-state index contributed by atoms with van der Waals surface area (Å²) < 4.78 is 0. The summed E-state index contributed by atoms with van der Waals surface area (Å²) in [6.07, 6.45) is 5.89. The SMILES string of the molecule is C[C@H](CO)[C@H]1CC[C@]2(C)C[C@@H]3[C@H](CO)C[C@@H](O)[C@H]3[C@@](C)(O)C/C=C/12. The van der Waals surface area contributed by atoms with Crippen LogP contribution < -0.4 is 0 Å². The summed E-state index contributed by atoms with van der Waals surface area (Å²) >= 11 is 0. The first-order valence-electron chi connectivity index (χ1n) is 9.56. The van der Waals surface area contributed by atoms with Gasteiger partial charge in [0, 0.05) is 19.1 Å². The van der Waals surface area contributed by atoms with Gasteiger partial charge in [-0.05, 0) is 68.1 Å². The maximum Gasteiger partial charge on any atom is 0.0709 e. The van der Waals surface area contributed by atoms with Gasteiger partial charge in [-0.2, -0.15) is 0 Å². The first-order valence-corrected chi connectivity index (χ1v) is 9.56. The average molecular weight is 338 g/mol. The van der Waals surface area contributed by atoms with E-state index in [-0.39, 0.29) is 42.3 Å². The van der Waals surface area contributed by atoms with Crippen LogP contribution in [0.3, 0.4) is 0 Å². The molecule has 0 bridgehead atoms. The summed E-state index contributed by atoms with van der Waals surface area (Å²) in [5, 5.41) is 41.1. The number of aliphatic hydroxyl groups is 4. The molecule has 0 heterocycles. The quantitative estimate of drug-likeness (QED) is 0.594. The summed E-state index contributed by atoms with van der Waals surface area (Å²) in [7, 11) is 0. The fourth-order valence-electron chi connectivity index (χ4n) is 6.12. The number of aliphatic hydroxyl groups excluding tert-OH is 3. The second-order valence-electron chi connectivity index (χ2n) is 9.23. The molecule has 0 aromatic rings. The predicted octanol–water partition coefficient (Wildman–Crippen LogP) is 2.11. The smallest absolute Gasteiger partial charge is 0.0709 e. The Labute approximate surface area is 145 Å². The summed E-state index contributed by atoms with van der Waals surface area (Å²) in [4.78, 5) is 0. The molecule has 0 aromatic heterocycles. The minimum absolute atomic E-state index is 0.0605. The minimum atomic E-state index is -0.947. The third-order valence-corrected chi connectivity index (χ3v) is 7.48. The summed E-state index contributed by atoms with van der Waals surface area (Å²) in [5.41, 5.74) is 0.504. The van der Waals surface area contributed by atoms with Gasteiger partial charge in [0.05, 0.1) is 11.7 Å². The Morgan fingerprint density at radius 3 is 2.62 bits per heavy atom. The number of fused-ring (bicyclic) bond motifs is 2. The van der Waals surface area contributed by atoms with E-state index < -0.39 is 11.7 Å². The van der Waals surface area contributed by atoms with Crippen molar-refractivity contribution in [2.45, 2.75) is 64.6 Å². The van der Waals surface area contributed by atoms with Crippen LogP contribution in [0.4, 0.5) is 0 Å². The molecule has 2 saturated carbocycles. The number of rotatable bonds is 3. The second kappa shape index (κ2) is 6.39. The Kier molecular flexibility index (Phi) is 4.89. The lowest BCUT2D eigenvalue weighted by Gasteiger charge is -2.43. The van der Waals surface area contributed by atoms with Crippen LogP contribution in [0.5, 0.6) is 0 Å². The van der Waals surface area contributed by atoms with Gasteiger partial charge in [-0.1, -0.05) is 25.5 Å². The van der Waals surface area contributed by atoms with Gasteiger partial charge in [0.1, 0.15) is 0 Å². The second-order valence-corrected chi connectivity index (χ2v) is 9.23. The Hall–Kier alpha value is -0.420. The van der Waals surface area contributed by atoms with Gasteiger partial charge in [-0.3, -0.25) is 0 Å². The van der Waals surface area contributed by atoms with Crippen LogP contribution >= 0.6 is 0 Å². The number of allylic oxidation sites excluding steroid dienone is 1. The number of hydrogen-bond acceptors (Lipinski definition) is 4. The highest BCUT2D eigenvalue weighted by molar-refractivity contribution is 5.26. The highest BCUT2D eigenvalue weighted by Crippen LogP contribution is 2.58. The lowest BCUT2D eigenvalue weighted by Crippen LogP contribution is -2.45. The van der Waals surface area contributed by atoms with E-state index >= 15 is 0 Å². The molecule has 0 aliphatic heterocycles. The van der Waals surface area contributed by atoms with Crippen molar-refractivity contribution >= 4 is 0 Å². The van der Waals surface area contributed by atoms with Crippen LogP contribution in [0, 0.1) is 35.0 Å². The third kappa shape index (κ3) is 2.86. The largest absolute Gasteiger partial charge is 0.396 e. The Morgan fingerprint density at radius 2 is 2.00 bits per heavy atom. The fourth-order valence-corrected chi connectivity index (χ4v) is 6.12. The van der Waals surface area contributed by atoms with Crippen molar-refractivity contribution in [3.63, 3.8) is 0 Å². The van der Waals surface area contributed by atoms with Crippen LogP contribution in [0.1, 0.15) is 52.9 Å². The molecule has 0 aromatic carbocycles. The van der Waals surface area contributed by atoms with Gasteiger partial charge in [0.15, 0.2) is 0 Å². The molecular weight excluding hydrogens is 304 g/mol. The lowest BCUT2D eigenvalue weighted by atomic mass is 9.64. The van der Waals surface area contributed by atoms with Crippen molar-refractivity contribution in [3.05, 3.63) is 11.6 Å². The highest BCUT2D eigenvalue weighted by Gasteiger charge is 2.55. The fraction of sp³-hybridized carbons (Fsp3) is 0.900. The highest BCUT2D eigenvalue weighted by atomic mass is 16.3. The first kappa shape index (κ1) is 18.4. The van der Waals surface area contributed by atoms with E-state index in [1.807, 2.05) is 6.92 Å². The van der Waals surface area contributed by atoms with Gasteiger partial charge in [-0.25, -0.2) is 0 Å². The van der Waals surface area contributed by atoms with Crippen LogP contribution in [0.15, 0.2) is 11.6 Å². The van der Waals surface area contributed by atoms with E-state index in [0.29, 0.717) is 18.8 Å². The molecule has 4 nitrogen and oxygen atoms in total. The molecular formula is C20H34O4. The van der Waals surface area contributed by atoms with E-state index in [1.54, 1.807) is 0 Å². The van der Waals surface area contributed by atoms with Crippen LogP contribution in [-0.4, -0.2) is 45.3 Å². The van der Waals surface area contributed by atoms with Gasteiger partial charge < -0.3 is 20.4 Å². The first-order chi connectivity index (χ1) is 11.2. The zero-order valence-corrected chi connectivity index (χ0v) is 15.3. The molecule has 2 fully saturated rings. The van der Waals surface area contributed by atoms with Gasteiger partial charge >= 0.3 is 0 Å². The van der Waals surface area contributed by atoms with E-state index in [1.165, 1.54) is 5.57 Å². The van der Waals surface area contributed by atoms with E-state index in [0.717, 1.165) is 19.3 Å². The lowest BCUT2D eigenvalue weighted by molar-refractivity contribution is -0.0709. The molecule has 3 aliphatic rings. The normalized spacial score (nSPS) is 52.0. The van der Waals surface area contributed by atoms with Crippen molar-refractivity contribution in [2.75, 3.05) is 13.2 Å². The van der Waals surface area contributed by atoms with Crippen molar-refractivity contribution in [3.8, 4) is 0 Å². The summed E-state index contributed by atoms with van der Waals surface area (Å²) in [5.74, 6) is 0.671. The molecule has 4 N–H and O–H groups in total. The van der Waals surface area contributed by atoms with Gasteiger partial charge in [0.25, 0.3) is 0 Å². The maximum absolute atomic E-state index is 11.1. The number of hydrogen-bond donors (Lipinski definition) is 4. The Morgan fingerprint density at radius 1 is 1.29 bits per heavy atom. The molecule has 24 heavy (non-hydrogen) atoms. The Bertz CT molecular complexity index is 500. The third-order valence-electron chi connectivity index (χ3n) is 7.48. The van der Waals surface area contributed by atoms with Crippen LogP contribution in [0.25, 0.3) is 0 Å². The standard InChI is InChI=1S/C20H34O4/c1-12(10-21)14-4-6-19(2)9-15-13(11-22)8-17(23)18(15)20(3,24)7-5-16(14)19/h5,12-15,17-18,21-24H,4,6-11H2,1-3H3/b16-5-/t12-,13+,14-,15-,17-,18+,19-,20+/m1/s1. The van der Waals surface area contributed by atoms with E-state index in [9.17, 15) is 20.4 Å². The zero-order chi connectivity index (χ0) is 17.7. The van der Waals surface area contributed by atoms with Crippen LogP contribution in [0.2, 0.25) is 0 Å². The average Bonchev–Trinajstić information content (AvgIpc) is 3.00. The van der Waals surface area contributed by atoms with Crippen LogP contribution in [-0.2, 0) is 0 Å². The molecule has 3 rings (SSSR count). The van der Waals surface area contributed by atoms with E-state index in [4.69, 9.17) is 0 Å². The minimum Gasteiger partial charge on any atom is -0.396 e. The molecule has 138 valence electrons. The molecule has 0 amide bonds. The van der Waals surface area contributed by atoms with Gasteiger partial charge in [0.2, 0.25) is 0 Å². The van der Waals surface area contributed by atoms with Crippen molar-refractivity contribution in [2.24, 2.45) is 35.0 Å². The molecule has 8 atom stereocenters. The molecule has 0 saturated heterocycles. The van der Waals surface area contributed by atoms with Crippen molar-refractivity contribution in [1.29, 1.82) is 0 Å². The Balaban J connectivity index is 1.99. The van der Waals surface area contributed by atoms with E-state index in [2.05, 4.69) is 19.9 Å². The molecule has 0 radical (unpaired) electrons. The molecule has 4 heteroatoms. The summed E-state index contributed by atoms with van der Waals surface area (Å²) in [6.45, 7) is 6.52. The molecule has 0 spiro atoms. The van der Waals surface area contributed by atoms with Gasteiger partial charge in [-0.15, -0.1) is 0 Å².